The zero-order valence-corrected chi connectivity index (χ0v) is 24.4. The van der Waals surface area contributed by atoms with Crippen LogP contribution in [0, 0.1) is 0 Å². The van der Waals surface area contributed by atoms with Crippen molar-refractivity contribution in [3.05, 3.63) is 158 Å². The van der Waals surface area contributed by atoms with E-state index >= 15 is 0 Å². The van der Waals surface area contributed by atoms with Gasteiger partial charge in [0, 0.05) is 10.8 Å². The van der Waals surface area contributed by atoms with Gasteiger partial charge in [-0.25, -0.2) is 0 Å². The molecule has 9 aromatic carbocycles. The van der Waals surface area contributed by atoms with Gasteiger partial charge in [-0.15, -0.1) is 0 Å². The lowest BCUT2D eigenvalue weighted by molar-refractivity contribution is 0.669. The first-order valence-electron chi connectivity index (χ1n) is 15.5. The van der Waals surface area contributed by atoms with Gasteiger partial charge in [0.1, 0.15) is 11.2 Å². The topological polar surface area (TPSA) is 13.1 Å². The lowest BCUT2D eigenvalue weighted by Gasteiger charge is -2.19. The first kappa shape index (κ1) is 24.5. The Balaban J connectivity index is 1.30. The Morgan fingerprint density at radius 3 is 1.62 bits per heavy atom. The quantitative estimate of drug-likeness (QED) is 0.152. The Hall–Kier alpha value is -5.92. The molecule has 0 amide bonds. The van der Waals surface area contributed by atoms with Crippen molar-refractivity contribution in [2.24, 2.45) is 0 Å². The Labute approximate surface area is 259 Å². The van der Waals surface area contributed by atoms with Gasteiger partial charge < -0.3 is 4.42 Å². The van der Waals surface area contributed by atoms with Gasteiger partial charge in [0.2, 0.25) is 0 Å². The molecule has 0 spiro atoms. The zero-order valence-electron chi connectivity index (χ0n) is 24.4. The van der Waals surface area contributed by atoms with E-state index in [2.05, 4.69) is 158 Å². The molecule has 0 fully saturated rings. The molecule has 1 heteroatoms. The van der Waals surface area contributed by atoms with Crippen LogP contribution in [0.15, 0.2) is 162 Å². The Bertz CT molecular complexity index is 2700. The summed E-state index contributed by atoms with van der Waals surface area (Å²) in [6.45, 7) is 0. The van der Waals surface area contributed by atoms with E-state index in [1.165, 1.54) is 87.2 Å². The maximum absolute atomic E-state index is 6.33. The number of benzene rings is 9. The van der Waals surface area contributed by atoms with E-state index < -0.39 is 0 Å². The van der Waals surface area contributed by atoms with Crippen LogP contribution in [0.5, 0.6) is 0 Å². The molecule has 0 N–H and O–H groups in total. The normalized spacial score (nSPS) is 12.0. The number of fused-ring (bicyclic) bond motifs is 3. The minimum atomic E-state index is 0.941. The lowest BCUT2D eigenvalue weighted by atomic mass is 9.83. The second kappa shape index (κ2) is 9.29. The second-order valence-electron chi connectivity index (χ2n) is 12.0. The zero-order chi connectivity index (χ0) is 29.5. The third-order valence-electron chi connectivity index (χ3n) is 9.60. The predicted molar refractivity (Wildman–Crippen MR) is 191 cm³/mol. The first-order valence-corrected chi connectivity index (χ1v) is 15.5. The molecule has 0 atom stereocenters. The van der Waals surface area contributed by atoms with Crippen LogP contribution < -0.4 is 0 Å². The molecule has 0 saturated carbocycles. The molecule has 0 unspecified atom stereocenters. The van der Waals surface area contributed by atoms with E-state index in [1.807, 2.05) is 0 Å². The molecule has 1 heterocycles. The highest BCUT2D eigenvalue weighted by Crippen LogP contribution is 2.48. The van der Waals surface area contributed by atoms with Crippen LogP contribution in [-0.4, -0.2) is 0 Å². The standard InChI is InChI=1S/C44H26O/c1-2-16-31-27(11-1)12-8-21-32(31)28-13-7-14-29(25-28)41-33-17-3-5-19-35(33)43(36-20-6-4-18-34(36)41)38-26-30-15-9-23-39-42(30)44-37(38)22-10-24-40(44)45-39/h1-26H. The molecule has 0 radical (unpaired) electrons. The van der Waals surface area contributed by atoms with Gasteiger partial charge in [0.05, 0.1) is 0 Å². The molecular formula is C44H26O. The predicted octanol–water partition coefficient (Wildman–Crippen LogP) is 12.6. The van der Waals surface area contributed by atoms with Crippen LogP contribution in [0.2, 0.25) is 0 Å². The van der Waals surface area contributed by atoms with Crippen molar-refractivity contribution in [2.45, 2.75) is 0 Å². The van der Waals surface area contributed by atoms with Crippen LogP contribution in [0.4, 0.5) is 0 Å². The number of hydrogen-bond acceptors (Lipinski definition) is 1. The van der Waals surface area contributed by atoms with E-state index in [9.17, 15) is 0 Å². The van der Waals surface area contributed by atoms with Crippen LogP contribution in [-0.2, 0) is 0 Å². The van der Waals surface area contributed by atoms with Crippen LogP contribution in [0.1, 0.15) is 0 Å². The molecule has 208 valence electrons. The monoisotopic (exact) mass is 570 g/mol. The van der Waals surface area contributed by atoms with Crippen molar-refractivity contribution in [2.75, 3.05) is 0 Å². The summed E-state index contributed by atoms with van der Waals surface area (Å²) in [6, 6.07) is 57.4. The van der Waals surface area contributed by atoms with Gasteiger partial charge in [0.15, 0.2) is 0 Å². The molecule has 0 aliphatic heterocycles. The fourth-order valence-corrected chi connectivity index (χ4v) is 7.73. The molecule has 0 bridgehead atoms. The van der Waals surface area contributed by atoms with Gasteiger partial charge in [-0.2, -0.15) is 0 Å². The van der Waals surface area contributed by atoms with E-state index in [4.69, 9.17) is 4.42 Å². The van der Waals surface area contributed by atoms with Gasteiger partial charge >= 0.3 is 0 Å². The summed E-state index contributed by atoms with van der Waals surface area (Å²) < 4.78 is 6.33. The summed E-state index contributed by atoms with van der Waals surface area (Å²) in [5.74, 6) is 0. The largest absolute Gasteiger partial charge is 0.456 e. The van der Waals surface area contributed by atoms with E-state index in [-0.39, 0.29) is 0 Å². The van der Waals surface area contributed by atoms with Crippen LogP contribution in [0.3, 0.4) is 0 Å². The van der Waals surface area contributed by atoms with E-state index in [1.54, 1.807) is 0 Å². The highest BCUT2D eigenvalue weighted by molar-refractivity contribution is 6.29. The SMILES string of the molecule is c1cc(-c2cccc3ccccc23)cc(-c2c3ccccc3c(-c3cc4cccc5oc6cccc3c6c45)c3ccccc23)c1. The molecule has 1 nitrogen and oxygen atoms in total. The summed E-state index contributed by atoms with van der Waals surface area (Å²) in [5, 5.41) is 12.4. The van der Waals surface area contributed by atoms with E-state index in [0.29, 0.717) is 0 Å². The molecule has 0 aliphatic rings. The average molecular weight is 571 g/mol. The number of furan rings is 1. The fraction of sp³-hybridized carbons (Fsp3) is 0. The molecule has 10 rings (SSSR count). The van der Waals surface area contributed by atoms with Crippen LogP contribution in [0.25, 0.3) is 98.4 Å². The summed E-state index contributed by atoms with van der Waals surface area (Å²) in [5.41, 5.74) is 9.37. The Morgan fingerprint density at radius 1 is 0.311 bits per heavy atom. The molecule has 10 aromatic rings. The first-order chi connectivity index (χ1) is 22.3. The molecule has 0 saturated heterocycles. The summed E-state index contributed by atoms with van der Waals surface area (Å²) in [7, 11) is 0. The van der Waals surface area contributed by atoms with Crippen molar-refractivity contribution in [3.8, 4) is 33.4 Å². The maximum atomic E-state index is 6.33. The molecule has 0 aliphatic carbocycles. The Morgan fingerprint density at radius 2 is 0.844 bits per heavy atom. The van der Waals surface area contributed by atoms with Gasteiger partial charge in [0.25, 0.3) is 0 Å². The lowest BCUT2D eigenvalue weighted by Crippen LogP contribution is -1.92. The van der Waals surface area contributed by atoms with Gasteiger partial charge in [-0.05, 0) is 101 Å². The van der Waals surface area contributed by atoms with Crippen LogP contribution >= 0.6 is 0 Å². The van der Waals surface area contributed by atoms with Crippen molar-refractivity contribution in [1.29, 1.82) is 0 Å². The Kier molecular flexibility index (Phi) is 5.06. The molecule has 45 heavy (non-hydrogen) atoms. The van der Waals surface area contributed by atoms with Crippen molar-refractivity contribution >= 4 is 65.0 Å². The third kappa shape index (κ3) is 3.50. The van der Waals surface area contributed by atoms with E-state index in [0.717, 1.165) is 11.2 Å². The highest BCUT2D eigenvalue weighted by Gasteiger charge is 2.21. The number of hydrogen-bond donors (Lipinski definition) is 0. The maximum Gasteiger partial charge on any atom is 0.136 e. The van der Waals surface area contributed by atoms with Crippen molar-refractivity contribution in [3.63, 3.8) is 0 Å². The smallest absolute Gasteiger partial charge is 0.136 e. The summed E-state index contributed by atoms with van der Waals surface area (Å²) >= 11 is 0. The highest BCUT2D eigenvalue weighted by atomic mass is 16.3. The minimum absolute atomic E-state index is 0.941. The second-order valence-corrected chi connectivity index (χ2v) is 12.0. The molecular weight excluding hydrogens is 544 g/mol. The van der Waals surface area contributed by atoms with Gasteiger partial charge in [-0.3, -0.25) is 0 Å². The summed E-state index contributed by atoms with van der Waals surface area (Å²) in [4.78, 5) is 0. The fourth-order valence-electron chi connectivity index (χ4n) is 7.73. The third-order valence-corrected chi connectivity index (χ3v) is 9.60. The minimum Gasteiger partial charge on any atom is -0.456 e. The average Bonchev–Trinajstić information content (AvgIpc) is 3.49. The van der Waals surface area contributed by atoms with Crippen molar-refractivity contribution in [1.82, 2.24) is 0 Å². The molecule has 1 aromatic heterocycles. The summed E-state index contributed by atoms with van der Waals surface area (Å²) in [6.07, 6.45) is 0. The van der Waals surface area contributed by atoms with Crippen molar-refractivity contribution < 1.29 is 4.42 Å². The van der Waals surface area contributed by atoms with Gasteiger partial charge in [-0.1, -0.05) is 133 Å². The number of rotatable bonds is 3.